The molecule has 0 bridgehead atoms. The van der Waals surface area contributed by atoms with Crippen molar-refractivity contribution in [2.75, 3.05) is 6.61 Å². The second-order valence-electron chi connectivity index (χ2n) is 0.988. The standard InChI is InChI=1S/C3H5BrO3/c4-2(1-5)3(6)7/h2,5H,1H2,(H,6,7). The summed E-state index contributed by atoms with van der Waals surface area (Å²) < 4.78 is 0. The molecule has 0 fully saturated rings. The molecular formula is C3H5BrO3. The number of hydrogen-bond acceptors (Lipinski definition) is 2. The highest BCUT2D eigenvalue weighted by molar-refractivity contribution is 9.10. The van der Waals surface area contributed by atoms with E-state index in [9.17, 15) is 4.79 Å². The van der Waals surface area contributed by atoms with E-state index in [4.69, 9.17) is 10.2 Å². The predicted octanol–water partition coefficient (Wildman–Crippen LogP) is -0.173. The van der Waals surface area contributed by atoms with Crippen LogP contribution in [-0.2, 0) is 4.79 Å². The van der Waals surface area contributed by atoms with Crippen LogP contribution in [0.15, 0.2) is 0 Å². The van der Waals surface area contributed by atoms with Gasteiger partial charge >= 0.3 is 5.97 Å². The SMILES string of the molecule is O=C(O)C(Br)CO. The fourth-order valence-corrected chi connectivity index (χ4v) is 0.0781. The first-order valence-electron chi connectivity index (χ1n) is 1.66. The minimum atomic E-state index is -1.04. The lowest BCUT2D eigenvalue weighted by Crippen LogP contribution is -2.16. The summed E-state index contributed by atoms with van der Waals surface area (Å²) in [7, 11) is 0. The normalized spacial score (nSPS) is 13.4. The second-order valence-corrected chi connectivity index (χ2v) is 2.09. The fourth-order valence-electron chi connectivity index (χ4n) is 0.0781. The molecule has 0 aliphatic carbocycles. The molecule has 0 amide bonds. The van der Waals surface area contributed by atoms with Crippen LogP contribution in [0.4, 0.5) is 0 Å². The number of aliphatic carboxylic acids is 1. The van der Waals surface area contributed by atoms with Crippen molar-refractivity contribution in [1.29, 1.82) is 0 Å². The minimum absolute atomic E-state index is 0.366. The third-order valence-corrected chi connectivity index (χ3v) is 1.11. The van der Waals surface area contributed by atoms with Crippen LogP contribution < -0.4 is 0 Å². The molecule has 1 atom stereocenters. The summed E-state index contributed by atoms with van der Waals surface area (Å²) in [5, 5.41) is 16.1. The highest BCUT2D eigenvalue weighted by atomic mass is 79.9. The summed E-state index contributed by atoms with van der Waals surface area (Å²) in [6.45, 7) is -0.366. The van der Waals surface area contributed by atoms with Gasteiger partial charge in [-0.2, -0.15) is 0 Å². The number of halogens is 1. The van der Waals surface area contributed by atoms with Gasteiger partial charge in [-0.15, -0.1) is 0 Å². The smallest absolute Gasteiger partial charge is 0.319 e. The Morgan fingerprint density at radius 3 is 2.29 bits per heavy atom. The number of aliphatic hydroxyl groups excluding tert-OH is 1. The van der Waals surface area contributed by atoms with Crippen molar-refractivity contribution in [2.24, 2.45) is 0 Å². The van der Waals surface area contributed by atoms with Crippen LogP contribution >= 0.6 is 15.9 Å². The van der Waals surface area contributed by atoms with E-state index in [0.717, 1.165) is 0 Å². The molecule has 4 heteroatoms. The molecule has 0 aliphatic heterocycles. The highest BCUT2D eigenvalue weighted by Gasteiger charge is 2.08. The van der Waals surface area contributed by atoms with Crippen LogP contribution in [0.2, 0.25) is 0 Å². The van der Waals surface area contributed by atoms with E-state index in [1.54, 1.807) is 0 Å². The maximum Gasteiger partial charge on any atom is 0.319 e. The van der Waals surface area contributed by atoms with E-state index in [1.807, 2.05) is 0 Å². The average molecular weight is 169 g/mol. The van der Waals surface area contributed by atoms with Gasteiger partial charge in [0.1, 0.15) is 4.83 Å². The van der Waals surface area contributed by atoms with Crippen LogP contribution in [0.3, 0.4) is 0 Å². The summed E-state index contributed by atoms with van der Waals surface area (Å²) in [5.74, 6) is -1.04. The lowest BCUT2D eigenvalue weighted by molar-refractivity contribution is -0.136. The predicted molar refractivity (Wildman–Crippen MR) is 27.4 cm³/mol. The Balaban J connectivity index is 3.34. The summed E-state index contributed by atoms with van der Waals surface area (Å²) in [6.07, 6.45) is 0. The van der Waals surface area contributed by atoms with E-state index in [2.05, 4.69) is 15.9 Å². The molecule has 0 radical (unpaired) electrons. The van der Waals surface area contributed by atoms with Gasteiger partial charge in [0.15, 0.2) is 0 Å². The van der Waals surface area contributed by atoms with Gasteiger partial charge in [0.2, 0.25) is 0 Å². The zero-order valence-electron chi connectivity index (χ0n) is 3.47. The molecule has 0 rings (SSSR count). The van der Waals surface area contributed by atoms with Gasteiger partial charge in [-0.3, -0.25) is 4.79 Å². The number of carbonyl (C=O) groups is 1. The van der Waals surface area contributed by atoms with Gasteiger partial charge in [0.25, 0.3) is 0 Å². The molecule has 1 unspecified atom stereocenters. The van der Waals surface area contributed by atoms with Crippen LogP contribution in [-0.4, -0.2) is 27.6 Å². The van der Waals surface area contributed by atoms with Crippen molar-refractivity contribution >= 4 is 21.9 Å². The van der Waals surface area contributed by atoms with E-state index in [0.29, 0.717) is 0 Å². The first kappa shape index (κ1) is 6.91. The Hall–Kier alpha value is -0.0900. The third-order valence-electron chi connectivity index (χ3n) is 0.428. The van der Waals surface area contributed by atoms with Crippen LogP contribution in [0, 0.1) is 0 Å². The van der Waals surface area contributed by atoms with Crippen molar-refractivity contribution in [3.63, 3.8) is 0 Å². The summed E-state index contributed by atoms with van der Waals surface area (Å²) in [6, 6.07) is 0. The highest BCUT2D eigenvalue weighted by Crippen LogP contribution is 1.95. The molecule has 0 saturated carbocycles. The molecule has 3 nitrogen and oxygen atoms in total. The largest absolute Gasteiger partial charge is 0.480 e. The number of alkyl halides is 1. The molecular weight excluding hydrogens is 164 g/mol. The number of rotatable bonds is 2. The number of aliphatic hydroxyl groups is 1. The van der Waals surface area contributed by atoms with Crippen LogP contribution in [0.5, 0.6) is 0 Å². The molecule has 0 aromatic rings. The maximum atomic E-state index is 9.72. The molecule has 42 valence electrons. The molecule has 2 N–H and O–H groups in total. The zero-order valence-corrected chi connectivity index (χ0v) is 5.05. The molecule has 0 heterocycles. The Morgan fingerprint density at radius 2 is 2.29 bits per heavy atom. The van der Waals surface area contributed by atoms with Crippen molar-refractivity contribution in [3.05, 3.63) is 0 Å². The lowest BCUT2D eigenvalue weighted by atomic mass is 10.5. The molecule has 0 aromatic heterocycles. The first-order chi connectivity index (χ1) is 3.18. The van der Waals surface area contributed by atoms with E-state index in [-0.39, 0.29) is 6.61 Å². The van der Waals surface area contributed by atoms with Gasteiger partial charge in [0, 0.05) is 0 Å². The Labute approximate surface area is 49.1 Å². The van der Waals surface area contributed by atoms with Gasteiger partial charge in [0.05, 0.1) is 6.61 Å². The summed E-state index contributed by atoms with van der Waals surface area (Å²) in [5.41, 5.74) is 0. The van der Waals surface area contributed by atoms with Crippen molar-refractivity contribution in [2.45, 2.75) is 4.83 Å². The molecule has 0 saturated heterocycles. The van der Waals surface area contributed by atoms with Gasteiger partial charge in [-0.25, -0.2) is 0 Å². The monoisotopic (exact) mass is 168 g/mol. The van der Waals surface area contributed by atoms with Gasteiger partial charge in [-0.05, 0) is 0 Å². The van der Waals surface area contributed by atoms with Crippen LogP contribution in [0.1, 0.15) is 0 Å². The van der Waals surface area contributed by atoms with E-state index in [1.165, 1.54) is 0 Å². The second kappa shape index (κ2) is 2.98. The molecule has 0 aromatic carbocycles. The maximum absolute atomic E-state index is 9.72. The molecule has 0 spiro atoms. The number of carboxylic acids is 1. The summed E-state index contributed by atoms with van der Waals surface area (Å²) >= 11 is 2.69. The van der Waals surface area contributed by atoms with Gasteiger partial charge in [-0.1, -0.05) is 15.9 Å². The zero-order chi connectivity index (χ0) is 5.86. The third kappa shape index (κ3) is 2.59. The molecule has 0 aliphatic rings. The Morgan fingerprint density at radius 1 is 1.86 bits per heavy atom. The number of hydrogen-bond donors (Lipinski definition) is 2. The minimum Gasteiger partial charge on any atom is -0.480 e. The first-order valence-corrected chi connectivity index (χ1v) is 2.57. The molecule has 7 heavy (non-hydrogen) atoms. The lowest BCUT2D eigenvalue weighted by Gasteiger charge is -1.93. The van der Waals surface area contributed by atoms with Crippen molar-refractivity contribution in [3.8, 4) is 0 Å². The Kier molecular flexibility index (Phi) is 2.95. The number of carboxylic acid groups (broad SMARTS) is 1. The summed E-state index contributed by atoms with van der Waals surface area (Å²) in [4.78, 5) is 8.91. The average Bonchev–Trinajstić information content (AvgIpc) is 1.65. The fraction of sp³-hybridized carbons (Fsp3) is 0.667. The topological polar surface area (TPSA) is 57.5 Å². The Bertz CT molecular complexity index is 72.6. The van der Waals surface area contributed by atoms with Crippen LogP contribution in [0.25, 0.3) is 0 Å². The van der Waals surface area contributed by atoms with Gasteiger partial charge < -0.3 is 10.2 Å². The van der Waals surface area contributed by atoms with E-state index < -0.39 is 10.8 Å². The van der Waals surface area contributed by atoms with Crippen molar-refractivity contribution < 1.29 is 15.0 Å². The van der Waals surface area contributed by atoms with Crippen molar-refractivity contribution in [1.82, 2.24) is 0 Å². The quantitative estimate of drug-likeness (QED) is 0.564. The van der Waals surface area contributed by atoms with E-state index >= 15 is 0 Å².